The van der Waals surface area contributed by atoms with E-state index in [1.807, 2.05) is 25.1 Å². The second-order valence-electron chi connectivity index (χ2n) is 4.81. The summed E-state index contributed by atoms with van der Waals surface area (Å²) in [4.78, 5) is 0. The van der Waals surface area contributed by atoms with Gasteiger partial charge in [-0.2, -0.15) is 13.2 Å². The number of rotatable bonds is 4. The van der Waals surface area contributed by atoms with E-state index in [0.717, 1.165) is 17.7 Å². The van der Waals surface area contributed by atoms with Crippen molar-refractivity contribution in [1.82, 2.24) is 0 Å². The van der Waals surface area contributed by atoms with Crippen LogP contribution in [0.3, 0.4) is 0 Å². The minimum absolute atomic E-state index is 0.117. The second kappa shape index (κ2) is 6.18. The van der Waals surface area contributed by atoms with E-state index in [-0.39, 0.29) is 6.61 Å². The quantitative estimate of drug-likeness (QED) is 0.922. The number of hydrogen-bond acceptors (Lipinski definition) is 2. The molecular formula is C16H16F3NO. The minimum Gasteiger partial charge on any atom is -0.491 e. The molecule has 0 saturated heterocycles. The van der Waals surface area contributed by atoms with Gasteiger partial charge in [-0.3, -0.25) is 0 Å². The Morgan fingerprint density at radius 3 is 2.48 bits per heavy atom. The fourth-order valence-corrected chi connectivity index (χ4v) is 1.94. The number of hydrogen-bond donors (Lipinski definition) is 1. The molecule has 2 aromatic rings. The molecule has 0 aliphatic carbocycles. The molecule has 2 nitrogen and oxygen atoms in total. The van der Waals surface area contributed by atoms with E-state index < -0.39 is 17.8 Å². The normalized spacial score (nSPS) is 13.0. The van der Waals surface area contributed by atoms with Gasteiger partial charge in [-0.05, 0) is 36.2 Å². The van der Waals surface area contributed by atoms with Gasteiger partial charge in [-0.1, -0.05) is 30.3 Å². The smallest absolute Gasteiger partial charge is 0.416 e. The van der Waals surface area contributed by atoms with Crippen molar-refractivity contribution in [3.05, 3.63) is 65.2 Å². The van der Waals surface area contributed by atoms with Crippen molar-refractivity contribution < 1.29 is 17.9 Å². The minimum atomic E-state index is -4.37. The number of aryl methyl sites for hydroxylation is 1. The molecule has 0 radical (unpaired) electrons. The molecule has 0 aliphatic rings. The molecule has 0 heterocycles. The van der Waals surface area contributed by atoms with Crippen molar-refractivity contribution in [1.29, 1.82) is 0 Å². The summed E-state index contributed by atoms with van der Waals surface area (Å²) in [7, 11) is 0. The zero-order chi connectivity index (χ0) is 15.5. The van der Waals surface area contributed by atoms with Crippen LogP contribution in [0.25, 0.3) is 0 Å². The largest absolute Gasteiger partial charge is 0.491 e. The first-order valence-electron chi connectivity index (χ1n) is 6.49. The number of halogens is 3. The van der Waals surface area contributed by atoms with Crippen LogP contribution in [0.2, 0.25) is 0 Å². The molecule has 5 heteroatoms. The Hall–Kier alpha value is -2.01. The van der Waals surface area contributed by atoms with E-state index in [1.165, 1.54) is 6.07 Å². The fraction of sp³-hybridized carbons (Fsp3) is 0.250. The predicted molar refractivity (Wildman–Crippen MR) is 75.0 cm³/mol. The van der Waals surface area contributed by atoms with Crippen LogP contribution < -0.4 is 10.5 Å². The van der Waals surface area contributed by atoms with Crippen LogP contribution in [0, 0.1) is 6.92 Å². The van der Waals surface area contributed by atoms with Crippen LogP contribution in [0.4, 0.5) is 13.2 Å². The average Bonchev–Trinajstić information content (AvgIpc) is 2.45. The molecule has 2 N–H and O–H groups in total. The highest BCUT2D eigenvalue weighted by Gasteiger charge is 2.30. The third-order valence-electron chi connectivity index (χ3n) is 3.15. The SMILES string of the molecule is Cc1ccccc1OCC(N)c1cccc(C(F)(F)F)c1. The molecule has 2 rings (SSSR count). The summed E-state index contributed by atoms with van der Waals surface area (Å²) in [5.74, 6) is 0.680. The van der Waals surface area contributed by atoms with E-state index in [2.05, 4.69) is 0 Å². The lowest BCUT2D eigenvalue weighted by Crippen LogP contribution is -2.20. The molecule has 0 amide bonds. The number of ether oxygens (including phenoxy) is 1. The number of para-hydroxylation sites is 1. The van der Waals surface area contributed by atoms with Crippen molar-refractivity contribution in [2.24, 2.45) is 5.73 Å². The van der Waals surface area contributed by atoms with Gasteiger partial charge in [0.2, 0.25) is 0 Å². The van der Waals surface area contributed by atoms with E-state index in [1.54, 1.807) is 12.1 Å². The lowest BCUT2D eigenvalue weighted by atomic mass is 10.0. The second-order valence-corrected chi connectivity index (χ2v) is 4.81. The van der Waals surface area contributed by atoms with E-state index in [9.17, 15) is 13.2 Å². The fourth-order valence-electron chi connectivity index (χ4n) is 1.94. The van der Waals surface area contributed by atoms with Crippen LogP contribution >= 0.6 is 0 Å². The lowest BCUT2D eigenvalue weighted by molar-refractivity contribution is -0.137. The van der Waals surface area contributed by atoms with E-state index in [4.69, 9.17) is 10.5 Å². The first kappa shape index (κ1) is 15.4. The first-order valence-corrected chi connectivity index (χ1v) is 6.49. The third-order valence-corrected chi connectivity index (χ3v) is 3.15. The summed E-state index contributed by atoms with van der Waals surface area (Å²) < 4.78 is 43.6. The monoisotopic (exact) mass is 295 g/mol. The summed E-state index contributed by atoms with van der Waals surface area (Å²) in [6, 6.07) is 11.8. The van der Waals surface area contributed by atoms with Crippen LogP contribution in [-0.2, 0) is 6.18 Å². The van der Waals surface area contributed by atoms with Crippen molar-refractivity contribution >= 4 is 0 Å². The van der Waals surface area contributed by atoms with Gasteiger partial charge >= 0.3 is 6.18 Å². The topological polar surface area (TPSA) is 35.2 Å². The maximum atomic E-state index is 12.7. The molecule has 2 aromatic carbocycles. The summed E-state index contributed by atoms with van der Waals surface area (Å²) >= 11 is 0. The van der Waals surface area contributed by atoms with Gasteiger partial charge < -0.3 is 10.5 Å². The third kappa shape index (κ3) is 3.98. The summed E-state index contributed by atoms with van der Waals surface area (Å²) in [5, 5.41) is 0. The Labute approximate surface area is 121 Å². The summed E-state index contributed by atoms with van der Waals surface area (Å²) in [5.41, 5.74) is 6.56. The van der Waals surface area contributed by atoms with Crippen LogP contribution in [0.1, 0.15) is 22.7 Å². The van der Waals surface area contributed by atoms with Gasteiger partial charge in [-0.15, -0.1) is 0 Å². The van der Waals surface area contributed by atoms with Gasteiger partial charge in [0.05, 0.1) is 11.6 Å². The molecule has 0 spiro atoms. The molecule has 21 heavy (non-hydrogen) atoms. The predicted octanol–water partition coefficient (Wildman–Crippen LogP) is 4.09. The van der Waals surface area contributed by atoms with E-state index >= 15 is 0 Å². The van der Waals surface area contributed by atoms with Crippen molar-refractivity contribution in [3.63, 3.8) is 0 Å². The molecule has 0 fully saturated rings. The zero-order valence-electron chi connectivity index (χ0n) is 11.5. The van der Waals surface area contributed by atoms with Gasteiger partial charge in [0, 0.05) is 0 Å². The summed E-state index contributed by atoms with van der Waals surface area (Å²) in [6.45, 7) is 2.01. The maximum absolute atomic E-state index is 12.7. The highest BCUT2D eigenvalue weighted by molar-refractivity contribution is 5.32. The van der Waals surface area contributed by atoms with Crippen LogP contribution in [-0.4, -0.2) is 6.61 Å². The highest BCUT2D eigenvalue weighted by atomic mass is 19.4. The van der Waals surface area contributed by atoms with Gasteiger partial charge in [0.15, 0.2) is 0 Å². The van der Waals surface area contributed by atoms with Crippen molar-refractivity contribution in [3.8, 4) is 5.75 Å². The molecule has 0 aliphatic heterocycles. The number of nitrogens with two attached hydrogens (primary N) is 1. The molecular weight excluding hydrogens is 279 g/mol. The molecule has 0 saturated carbocycles. The highest BCUT2D eigenvalue weighted by Crippen LogP contribution is 2.30. The molecule has 0 aromatic heterocycles. The van der Waals surface area contributed by atoms with Gasteiger partial charge in [0.25, 0.3) is 0 Å². The van der Waals surface area contributed by atoms with Crippen molar-refractivity contribution in [2.45, 2.75) is 19.1 Å². The van der Waals surface area contributed by atoms with Crippen molar-refractivity contribution in [2.75, 3.05) is 6.61 Å². The first-order chi connectivity index (χ1) is 9.88. The molecule has 1 atom stereocenters. The van der Waals surface area contributed by atoms with Gasteiger partial charge in [0.1, 0.15) is 12.4 Å². The lowest BCUT2D eigenvalue weighted by Gasteiger charge is -2.16. The molecule has 0 bridgehead atoms. The Morgan fingerprint density at radius 1 is 1.10 bits per heavy atom. The van der Waals surface area contributed by atoms with Crippen LogP contribution in [0.15, 0.2) is 48.5 Å². The Kier molecular flexibility index (Phi) is 4.53. The van der Waals surface area contributed by atoms with Crippen LogP contribution in [0.5, 0.6) is 5.75 Å². The van der Waals surface area contributed by atoms with Gasteiger partial charge in [-0.25, -0.2) is 0 Å². The zero-order valence-corrected chi connectivity index (χ0v) is 11.5. The number of benzene rings is 2. The van der Waals surface area contributed by atoms with E-state index in [0.29, 0.717) is 11.3 Å². The Morgan fingerprint density at radius 2 is 1.81 bits per heavy atom. The molecule has 112 valence electrons. The molecule has 1 unspecified atom stereocenters. The number of alkyl halides is 3. The Balaban J connectivity index is 2.07. The standard InChI is InChI=1S/C16H16F3NO/c1-11-5-2-3-8-15(11)21-10-14(20)12-6-4-7-13(9-12)16(17,18)19/h2-9,14H,10,20H2,1H3. The Bertz CT molecular complexity index is 610. The summed E-state index contributed by atoms with van der Waals surface area (Å²) in [6.07, 6.45) is -4.37. The average molecular weight is 295 g/mol. The maximum Gasteiger partial charge on any atom is 0.416 e.